The Bertz CT molecular complexity index is 485. The maximum atomic E-state index is 10.5. The zero-order valence-corrected chi connectivity index (χ0v) is 16.1. The molecule has 2 rings (SSSR count). The Hall–Kier alpha value is -1.32. The van der Waals surface area contributed by atoms with Crippen molar-refractivity contribution < 1.29 is 19.8 Å². The van der Waals surface area contributed by atoms with E-state index in [4.69, 9.17) is 10.2 Å². The van der Waals surface area contributed by atoms with Crippen molar-refractivity contribution in [3.8, 4) is 0 Å². The van der Waals surface area contributed by atoms with Crippen molar-refractivity contribution in [3.63, 3.8) is 0 Å². The van der Waals surface area contributed by atoms with Gasteiger partial charge >= 0.3 is 11.9 Å². The molecule has 2 N–H and O–H groups in total. The Balaban J connectivity index is 0.000000240. The van der Waals surface area contributed by atoms with Gasteiger partial charge < -0.3 is 10.2 Å². The van der Waals surface area contributed by atoms with Gasteiger partial charge in [-0.1, -0.05) is 47.6 Å². The van der Waals surface area contributed by atoms with Crippen molar-refractivity contribution in [2.24, 2.45) is 28.6 Å². The summed E-state index contributed by atoms with van der Waals surface area (Å²) in [5, 5.41) is 17.2. The number of hydrogen-bond acceptors (Lipinski definition) is 2. The molecule has 138 valence electrons. The molecule has 1 fully saturated rings. The van der Waals surface area contributed by atoms with Gasteiger partial charge in [-0.15, -0.1) is 0 Å². The highest BCUT2D eigenvalue weighted by atomic mass is 16.4. The maximum absolute atomic E-state index is 10.5. The Morgan fingerprint density at radius 1 is 1.00 bits per heavy atom. The third-order valence-electron chi connectivity index (χ3n) is 4.55. The average molecular weight is 338 g/mol. The number of carboxylic acid groups (broad SMARTS) is 2. The number of carboxylic acids is 2. The van der Waals surface area contributed by atoms with Crippen molar-refractivity contribution >= 4 is 11.9 Å². The molecule has 2 aliphatic carbocycles. The van der Waals surface area contributed by atoms with Gasteiger partial charge in [0.25, 0.3) is 0 Å². The monoisotopic (exact) mass is 338 g/mol. The zero-order valence-electron chi connectivity index (χ0n) is 16.1. The molecule has 4 nitrogen and oxygen atoms in total. The molecule has 0 saturated heterocycles. The van der Waals surface area contributed by atoms with E-state index < -0.39 is 11.9 Å². The van der Waals surface area contributed by atoms with Gasteiger partial charge in [0, 0.05) is 5.57 Å². The average Bonchev–Trinajstić information content (AvgIpc) is 2.25. The number of rotatable bonds is 4. The fourth-order valence-corrected chi connectivity index (χ4v) is 3.58. The van der Waals surface area contributed by atoms with Crippen LogP contribution in [0.2, 0.25) is 0 Å². The molecule has 0 radical (unpaired) electrons. The van der Waals surface area contributed by atoms with E-state index in [0.29, 0.717) is 28.2 Å². The highest BCUT2D eigenvalue weighted by Gasteiger charge is 2.36. The van der Waals surface area contributed by atoms with Gasteiger partial charge in [0.2, 0.25) is 0 Å². The van der Waals surface area contributed by atoms with Crippen LogP contribution < -0.4 is 0 Å². The lowest BCUT2D eigenvalue weighted by molar-refractivity contribution is -0.146. The van der Waals surface area contributed by atoms with Crippen LogP contribution in [0.5, 0.6) is 0 Å². The molecule has 1 atom stereocenters. The van der Waals surface area contributed by atoms with Crippen molar-refractivity contribution in [1.82, 2.24) is 0 Å². The number of aliphatic carboxylic acids is 2. The Morgan fingerprint density at radius 3 is 1.79 bits per heavy atom. The normalized spacial score (nSPS) is 26.2. The first-order valence-electron chi connectivity index (χ1n) is 8.93. The molecule has 0 aromatic heterocycles. The van der Waals surface area contributed by atoms with Crippen LogP contribution in [0.1, 0.15) is 73.6 Å². The fourth-order valence-electron chi connectivity index (χ4n) is 3.58. The van der Waals surface area contributed by atoms with Crippen molar-refractivity contribution in [1.29, 1.82) is 0 Å². The van der Waals surface area contributed by atoms with E-state index in [9.17, 15) is 9.59 Å². The van der Waals surface area contributed by atoms with Gasteiger partial charge in [-0.3, -0.25) is 4.79 Å². The van der Waals surface area contributed by atoms with E-state index in [-0.39, 0.29) is 5.92 Å². The maximum Gasteiger partial charge on any atom is 0.331 e. The van der Waals surface area contributed by atoms with Crippen LogP contribution >= 0.6 is 0 Å². The summed E-state index contributed by atoms with van der Waals surface area (Å²) in [5.41, 5.74) is 1.25. The molecule has 0 aromatic carbocycles. The lowest BCUT2D eigenvalue weighted by Crippen LogP contribution is -2.32. The van der Waals surface area contributed by atoms with Crippen LogP contribution in [0.15, 0.2) is 11.6 Å². The fraction of sp³-hybridized carbons (Fsp3) is 0.800. The second-order valence-corrected chi connectivity index (χ2v) is 9.86. The first-order valence-corrected chi connectivity index (χ1v) is 8.93. The summed E-state index contributed by atoms with van der Waals surface area (Å²) >= 11 is 0. The lowest BCUT2D eigenvalue weighted by Gasteiger charge is -2.36. The summed E-state index contributed by atoms with van der Waals surface area (Å²) < 4.78 is 0. The number of carbonyl (C=O) groups is 2. The molecule has 2 aliphatic rings. The lowest BCUT2D eigenvalue weighted by atomic mass is 9.68. The van der Waals surface area contributed by atoms with Gasteiger partial charge in [0.1, 0.15) is 0 Å². The SMILES string of the molecule is CC(C)(C)CC1C=C(C(=O)O)C1.CC(C)(C)CC1CC(C(=O)O)C1. The predicted molar refractivity (Wildman–Crippen MR) is 95.8 cm³/mol. The van der Waals surface area contributed by atoms with Crippen LogP contribution in [0.4, 0.5) is 0 Å². The van der Waals surface area contributed by atoms with Crippen molar-refractivity contribution in [2.75, 3.05) is 0 Å². The highest BCUT2D eigenvalue weighted by Crippen LogP contribution is 2.41. The quantitative estimate of drug-likeness (QED) is 0.757. The number of hydrogen-bond donors (Lipinski definition) is 2. The minimum atomic E-state index is -0.750. The molecule has 0 heterocycles. The van der Waals surface area contributed by atoms with E-state index in [1.54, 1.807) is 0 Å². The van der Waals surface area contributed by atoms with Crippen LogP contribution in [0, 0.1) is 28.6 Å². The summed E-state index contributed by atoms with van der Waals surface area (Å²) in [6, 6.07) is 0. The Labute approximate surface area is 146 Å². The van der Waals surface area contributed by atoms with Crippen LogP contribution in [-0.4, -0.2) is 22.2 Å². The molecule has 0 bridgehead atoms. The molecular weight excluding hydrogens is 304 g/mol. The highest BCUT2D eigenvalue weighted by molar-refractivity contribution is 5.88. The number of allylic oxidation sites excluding steroid dienone is 1. The van der Waals surface area contributed by atoms with Crippen LogP contribution in [0.25, 0.3) is 0 Å². The molecule has 0 spiro atoms. The first-order chi connectivity index (χ1) is 10.8. The minimum Gasteiger partial charge on any atom is -0.481 e. The molecule has 1 unspecified atom stereocenters. The molecule has 1 saturated carbocycles. The molecule has 0 amide bonds. The Kier molecular flexibility index (Phi) is 6.66. The van der Waals surface area contributed by atoms with Gasteiger partial charge in [-0.2, -0.15) is 0 Å². The van der Waals surface area contributed by atoms with Gasteiger partial charge in [-0.05, 0) is 54.8 Å². The predicted octanol–water partition coefficient (Wildman–Crippen LogP) is 4.99. The van der Waals surface area contributed by atoms with E-state index in [1.807, 2.05) is 6.08 Å². The molecule has 0 aromatic rings. The zero-order chi connectivity index (χ0) is 18.7. The first kappa shape index (κ1) is 20.7. The third-order valence-corrected chi connectivity index (χ3v) is 4.55. The second-order valence-electron chi connectivity index (χ2n) is 9.86. The topological polar surface area (TPSA) is 74.6 Å². The van der Waals surface area contributed by atoms with Gasteiger partial charge in [0.15, 0.2) is 0 Å². The van der Waals surface area contributed by atoms with E-state index >= 15 is 0 Å². The van der Waals surface area contributed by atoms with E-state index in [0.717, 1.165) is 32.1 Å². The van der Waals surface area contributed by atoms with Crippen molar-refractivity contribution in [2.45, 2.75) is 73.6 Å². The second kappa shape index (κ2) is 7.71. The van der Waals surface area contributed by atoms with Crippen molar-refractivity contribution in [3.05, 3.63) is 11.6 Å². The van der Waals surface area contributed by atoms with Crippen LogP contribution in [0.3, 0.4) is 0 Å². The summed E-state index contributed by atoms with van der Waals surface area (Å²) in [6.07, 6.45) is 6.68. The standard InChI is InChI=1S/C10H18O2.C10H16O2/c2*1-10(2,3)6-7-4-8(5-7)9(11)12/h7-8H,4-6H2,1-3H3,(H,11,12);4,7H,5-6H2,1-3H3,(H,11,12). The summed E-state index contributed by atoms with van der Waals surface area (Å²) in [5.74, 6) is -0.250. The summed E-state index contributed by atoms with van der Waals surface area (Å²) in [6.45, 7) is 13.2. The Morgan fingerprint density at radius 2 is 1.46 bits per heavy atom. The largest absolute Gasteiger partial charge is 0.481 e. The molecular formula is C20H34O4. The van der Waals surface area contributed by atoms with Crippen LogP contribution in [-0.2, 0) is 9.59 Å². The van der Waals surface area contributed by atoms with Gasteiger partial charge in [-0.25, -0.2) is 4.79 Å². The van der Waals surface area contributed by atoms with E-state index in [2.05, 4.69) is 41.5 Å². The minimum absolute atomic E-state index is 0.0441. The molecule has 0 aliphatic heterocycles. The molecule has 24 heavy (non-hydrogen) atoms. The van der Waals surface area contributed by atoms with E-state index in [1.165, 1.54) is 0 Å². The smallest absolute Gasteiger partial charge is 0.331 e. The third kappa shape index (κ3) is 7.50. The molecule has 4 heteroatoms. The summed E-state index contributed by atoms with van der Waals surface area (Å²) in [4.78, 5) is 20.9. The van der Waals surface area contributed by atoms with Gasteiger partial charge in [0.05, 0.1) is 5.92 Å². The summed E-state index contributed by atoms with van der Waals surface area (Å²) in [7, 11) is 0.